The molecule has 1 atom stereocenters. The number of benzene rings is 2. The molecule has 4 aromatic rings. The SMILES string of the molecule is COc1ccc(S(=O)(=O)NC[C@@H](c2cccs2)c2c[nH]c3ccccc23)cc1NC(C)=O. The first-order valence-corrected chi connectivity index (χ1v) is 12.3. The third-order valence-corrected chi connectivity index (χ3v) is 7.56. The number of nitrogens with one attached hydrogen (secondary N) is 3. The molecule has 0 spiro atoms. The molecule has 32 heavy (non-hydrogen) atoms. The van der Waals surface area contributed by atoms with Crippen LogP contribution >= 0.6 is 11.3 Å². The molecule has 0 fully saturated rings. The number of methoxy groups -OCH3 is 1. The Kier molecular flexibility index (Phi) is 6.31. The smallest absolute Gasteiger partial charge is 0.240 e. The number of rotatable bonds is 8. The maximum Gasteiger partial charge on any atom is 0.240 e. The summed E-state index contributed by atoms with van der Waals surface area (Å²) in [6.07, 6.45) is 1.94. The summed E-state index contributed by atoms with van der Waals surface area (Å²) in [4.78, 5) is 15.9. The van der Waals surface area contributed by atoms with Crippen molar-refractivity contribution in [2.24, 2.45) is 0 Å². The average molecular weight is 470 g/mol. The van der Waals surface area contributed by atoms with Crippen LogP contribution in [0.25, 0.3) is 10.9 Å². The molecule has 7 nitrogen and oxygen atoms in total. The van der Waals surface area contributed by atoms with Gasteiger partial charge in [0.2, 0.25) is 15.9 Å². The highest BCUT2D eigenvalue weighted by Gasteiger charge is 2.23. The van der Waals surface area contributed by atoms with Crippen molar-refractivity contribution in [1.29, 1.82) is 0 Å². The maximum absolute atomic E-state index is 13.1. The van der Waals surface area contributed by atoms with E-state index >= 15 is 0 Å². The topological polar surface area (TPSA) is 100 Å². The fourth-order valence-electron chi connectivity index (χ4n) is 3.65. The molecule has 0 unspecified atom stereocenters. The Bertz CT molecular complexity index is 1340. The molecule has 4 rings (SSSR count). The molecule has 166 valence electrons. The highest BCUT2D eigenvalue weighted by molar-refractivity contribution is 7.89. The van der Waals surface area contributed by atoms with E-state index in [9.17, 15) is 13.2 Å². The number of para-hydroxylation sites is 1. The number of aromatic amines is 1. The predicted octanol–water partition coefficient (Wildman–Crippen LogP) is 4.31. The number of amides is 1. The zero-order valence-corrected chi connectivity index (χ0v) is 19.2. The van der Waals surface area contributed by atoms with Gasteiger partial charge in [0, 0.05) is 41.4 Å². The molecule has 2 heterocycles. The number of thiophene rings is 1. The molecule has 0 aliphatic heterocycles. The first-order valence-electron chi connectivity index (χ1n) is 9.94. The molecule has 0 bridgehead atoms. The van der Waals surface area contributed by atoms with Crippen LogP contribution in [0.1, 0.15) is 23.3 Å². The van der Waals surface area contributed by atoms with E-state index in [1.54, 1.807) is 11.3 Å². The van der Waals surface area contributed by atoms with Crippen LogP contribution in [0.2, 0.25) is 0 Å². The lowest BCUT2D eigenvalue weighted by atomic mass is 9.97. The first-order chi connectivity index (χ1) is 15.4. The van der Waals surface area contributed by atoms with E-state index in [1.807, 2.05) is 48.0 Å². The summed E-state index contributed by atoms with van der Waals surface area (Å²) in [6.45, 7) is 1.54. The minimum absolute atomic E-state index is 0.0471. The average Bonchev–Trinajstić information content (AvgIpc) is 3.44. The predicted molar refractivity (Wildman–Crippen MR) is 127 cm³/mol. The summed E-state index contributed by atoms with van der Waals surface area (Å²) in [7, 11) is -2.38. The second kappa shape index (κ2) is 9.15. The number of aromatic nitrogens is 1. The third kappa shape index (κ3) is 4.55. The van der Waals surface area contributed by atoms with Crippen LogP contribution in [0.4, 0.5) is 5.69 Å². The van der Waals surface area contributed by atoms with Crippen LogP contribution in [0.5, 0.6) is 5.75 Å². The number of fused-ring (bicyclic) bond motifs is 1. The van der Waals surface area contributed by atoms with E-state index in [2.05, 4.69) is 15.0 Å². The van der Waals surface area contributed by atoms with Crippen molar-refractivity contribution in [1.82, 2.24) is 9.71 Å². The Balaban J connectivity index is 1.64. The Hall–Kier alpha value is -3.14. The van der Waals surface area contributed by atoms with E-state index in [0.29, 0.717) is 11.4 Å². The van der Waals surface area contributed by atoms with Gasteiger partial charge in [0.15, 0.2) is 0 Å². The van der Waals surface area contributed by atoms with Crippen LogP contribution in [-0.2, 0) is 14.8 Å². The van der Waals surface area contributed by atoms with Crippen LogP contribution < -0.4 is 14.8 Å². The van der Waals surface area contributed by atoms with Crippen molar-refractivity contribution >= 4 is 43.9 Å². The van der Waals surface area contributed by atoms with Crippen molar-refractivity contribution in [2.75, 3.05) is 19.0 Å². The van der Waals surface area contributed by atoms with E-state index in [1.165, 1.54) is 32.2 Å². The van der Waals surface area contributed by atoms with Crippen LogP contribution in [0.15, 0.2) is 71.1 Å². The molecule has 0 aliphatic rings. The Morgan fingerprint density at radius 1 is 1.16 bits per heavy atom. The Morgan fingerprint density at radius 3 is 2.69 bits per heavy atom. The fraction of sp³-hybridized carbons (Fsp3) is 0.174. The molecular weight excluding hydrogens is 446 g/mol. The van der Waals surface area contributed by atoms with Crippen molar-refractivity contribution < 1.29 is 17.9 Å². The lowest BCUT2D eigenvalue weighted by Crippen LogP contribution is -2.29. The van der Waals surface area contributed by atoms with E-state index in [0.717, 1.165) is 21.3 Å². The lowest BCUT2D eigenvalue weighted by Gasteiger charge is -2.17. The standard InChI is InChI=1S/C23H23N3O4S2/c1-15(27)26-21-12-16(9-10-22(21)30-2)32(28,29)25-14-19(23-8-5-11-31-23)18-13-24-20-7-4-3-6-17(18)20/h3-13,19,24-25H,14H2,1-2H3,(H,26,27)/t19-/m1/s1. The highest BCUT2D eigenvalue weighted by atomic mass is 32.2. The second-order valence-corrected chi connectivity index (χ2v) is 10.00. The third-order valence-electron chi connectivity index (χ3n) is 5.15. The molecule has 9 heteroatoms. The molecule has 3 N–H and O–H groups in total. The molecule has 2 aromatic heterocycles. The van der Waals surface area contributed by atoms with Crippen LogP contribution in [-0.4, -0.2) is 33.0 Å². The Labute approximate surface area is 190 Å². The van der Waals surface area contributed by atoms with Gasteiger partial charge in [-0.3, -0.25) is 4.79 Å². The van der Waals surface area contributed by atoms with Crippen LogP contribution in [0, 0.1) is 0 Å². The Morgan fingerprint density at radius 2 is 1.97 bits per heavy atom. The van der Waals surface area contributed by atoms with Crippen LogP contribution in [0.3, 0.4) is 0 Å². The van der Waals surface area contributed by atoms with Crippen molar-refractivity contribution in [3.8, 4) is 5.75 Å². The summed E-state index contributed by atoms with van der Waals surface area (Å²) < 4.78 is 34.2. The lowest BCUT2D eigenvalue weighted by molar-refractivity contribution is -0.114. The van der Waals surface area contributed by atoms with Gasteiger partial charge in [-0.2, -0.15) is 0 Å². The minimum Gasteiger partial charge on any atom is -0.495 e. The summed E-state index contributed by atoms with van der Waals surface area (Å²) in [5.41, 5.74) is 2.33. The monoisotopic (exact) mass is 469 g/mol. The number of sulfonamides is 1. The number of hydrogen-bond acceptors (Lipinski definition) is 5. The van der Waals surface area contributed by atoms with Gasteiger partial charge in [-0.15, -0.1) is 11.3 Å². The number of hydrogen-bond donors (Lipinski definition) is 3. The van der Waals surface area contributed by atoms with Crippen molar-refractivity contribution in [2.45, 2.75) is 17.7 Å². The fourth-order valence-corrected chi connectivity index (χ4v) is 5.57. The number of carbonyl (C=O) groups is 1. The molecule has 0 aliphatic carbocycles. The highest BCUT2D eigenvalue weighted by Crippen LogP contribution is 2.33. The van der Waals surface area contributed by atoms with Crippen molar-refractivity contribution in [3.63, 3.8) is 0 Å². The summed E-state index contributed by atoms with van der Waals surface area (Å²) in [5, 5.41) is 5.65. The van der Waals surface area contributed by atoms with E-state index in [4.69, 9.17) is 4.74 Å². The molecular formula is C23H23N3O4S2. The van der Waals surface area contributed by atoms with Gasteiger partial charge in [-0.25, -0.2) is 13.1 Å². The number of H-pyrrole nitrogens is 1. The summed E-state index contributed by atoms with van der Waals surface area (Å²) in [6, 6.07) is 16.3. The summed E-state index contributed by atoms with van der Waals surface area (Å²) >= 11 is 1.59. The zero-order chi connectivity index (χ0) is 22.7. The minimum atomic E-state index is -3.84. The number of carbonyl (C=O) groups excluding carboxylic acids is 1. The number of ether oxygens (including phenoxy) is 1. The molecule has 0 saturated heterocycles. The van der Waals surface area contributed by atoms with Gasteiger partial charge in [0.25, 0.3) is 0 Å². The molecule has 0 radical (unpaired) electrons. The van der Waals surface area contributed by atoms with Gasteiger partial charge in [0.1, 0.15) is 5.75 Å². The van der Waals surface area contributed by atoms with E-state index in [-0.39, 0.29) is 23.3 Å². The van der Waals surface area contributed by atoms with Gasteiger partial charge in [-0.05, 0) is 41.3 Å². The first kappa shape index (κ1) is 22.1. The molecule has 2 aromatic carbocycles. The molecule has 0 saturated carbocycles. The largest absolute Gasteiger partial charge is 0.495 e. The zero-order valence-electron chi connectivity index (χ0n) is 17.6. The van der Waals surface area contributed by atoms with E-state index < -0.39 is 10.0 Å². The summed E-state index contributed by atoms with van der Waals surface area (Å²) in [5.74, 6) is -0.0914. The maximum atomic E-state index is 13.1. The molecule has 1 amide bonds. The second-order valence-electron chi connectivity index (χ2n) is 7.25. The normalized spacial score (nSPS) is 12.6. The van der Waals surface area contributed by atoms with Gasteiger partial charge in [-0.1, -0.05) is 24.3 Å². The van der Waals surface area contributed by atoms with Gasteiger partial charge >= 0.3 is 0 Å². The van der Waals surface area contributed by atoms with Crippen molar-refractivity contribution in [3.05, 3.63) is 76.6 Å². The number of anilines is 1. The quantitative estimate of drug-likeness (QED) is 0.358. The van der Waals surface area contributed by atoms with Gasteiger partial charge in [0.05, 0.1) is 17.7 Å². The van der Waals surface area contributed by atoms with Gasteiger partial charge < -0.3 is 15.0 Å².